The van der Waals surface area contributed by atoms with Gasteiger partial charge in [-0.3, -0.25) is 0 Å². The number of hydrogen-bond acceptors (Lipinski definition) is 1. The summed E-state index contributed by atoms with van der Waals surface area (Å²) in [6.07, 6.45) is 3.27. The summed E-state index contributed by atoms with van der Waals surface area (Å²) in [6, 6.07) is 12.7. The third kappa shape index (κ3) is 2.62. The molecule has 0 radical (unpaired) electrons. The third-order valence-corrected chi connectivity index (χ3v) is 3.30. The van der Waals surface area contributed by atoms with E-state index in [1.54, 1.807) is 30.3 Å². The highest BCUT2D eigenvalue weighted by Crippen LogP contribution is 2.30. The number of benzene rings is 2. The van der Waals surface area contributed by atoms with Crippen molar-refractivity contribution < 1.29 is 4.39 Å². The molecule has 2 heteroatoms. The zero-order valence-corrected chi connectivity index (χ0v) is 11.5. The summed E-state index contributed by atoms with van der Waals surface area (Å²) in [5, 5.41) is 8.83. The van der Waals surface area contributed by atoms with E-state index in [-0.39, 0.29) is 5.82 Å². The van der Waals surface area contributed by atoms with Crippen LogP contribution in [0.15, 0.2) is 43.0 Å². The Morgan fingerprint density at radius 1 is 1.20 bits per heavy atom. The summed E-state index contributed by atoms with van der Waals surface area (Å²) in [5.74, 6) is -0.186. The van der Waals surface area contributed by atoms with Gasteiger partial charge in [0.15, 0.2) is 0 Å². The van der Waals surface area contributed by atoms with Crippen LogP contribution in [0.25, 0.3) is 17.2 Å². The van der Waals surface area contributed by atoms with Crippen molar-refractivity contribution in [1.29, 1.82) is 5.26 Å². The van der Waals surface area contributed by atoms with Gasteiger partial charge < -0.3 is 0 Å². The molecule has 0 unspecified atom stereocenters. The molecule has 2 aromatic carbocycles. The predicted octanol–water partition coefficient (Wildman–Crippen LogP) is 4.96. The highest BCUT2D eigenvalue weighted by atomic mass is 19.1. The average molecular weight is 265 g/mol. The summed E-state index contributed by atoms with van der Waals surface area (Å²) in [5.41, 5.74) is 3.40. The molecule has 0 heterocycles. The molecule has 0 fully saturated rings. The van der Waals surface area contributed by atoms with Gasteiger partial charge in [0.25, 0.3) is 0 Å². The van der Waals surface area contributed by atoms with Gasteiger partial charge >= 0.3 is 0 Å². The Balaban J connectivity index is 2.60. The van der Waals surface area contributed by atoms with Crippen LogP contribution in [0.1, 0.15) is 30.0 Å². The molecule has 100 valence electrons. The standard InChI is InChI=1S/C18H16FN/c1-3-5-16-11-10-14(4-2)17(18(16)19)15-8-6-13(12-20)7-9-15/h4,6-11H,2-3,5H2,1H3. The second-order valence-corrected chi connectivity index (χ2v) is 4.65. The lowest BCUT2D eigenvalue weighted by atomic mass is 9.94. The Labute approximate surface area is 119 Å². The SMILES string of the molecule is C=Cc1ccc(CCC)c(F)c1-c1ccc(C#N)cc1. The molecule has 2 aromatic rings. The van der Waals surface area contributed by atoms with Crippen molar-refractivity contribution in [3.63, 3.8) is 0 Å². The Kier molecular flexibility index (Phi) is 4.32. The van der Waals surface area contributed by atoms with Gasteiger partial charge in [0.2, 0.25) is 0 Å². The molecular weight excluding hydrogens is 249 g/mol. The maximum Gasteiger partial charge on any atom is 0.134 e. The van der Waals surface area contributed by atoms with Crippen LogP contribution in [0.4, 0.5) is 4.39 Å². The second-order valence-electron chi connectivity index (χ2n) is 4.65. The van der Waals surface area contributed by atoms with Crippen LogP contribution < -0.4 is 0 Å². The Hall–Kier alpha value is -2.40. The summed E-state index contributed by atoms with van der Waals surface area (Å²) in [7, 11) is 0. The Morgan fingerprint density at radius 2 is 1.90 bits per heavy atom. The van der Waals surface area contributed by atoms with Gasteiger partial charge in [-0.25, -0.2) is 4.39 Å². The molecule has 0 aromatic heterocycles. The average Bonchev–Trinajstić information content (AvgIpc) is 2.49. The number of aryl methyl sites for hydroxylation is 1. The van der Waals surface area contributed by atoms with Crippen LogP contribution in [-0.2, 0) is 6.42 Å². The predicted molar refractivity (Wildman–Crippen MR) is 80.6 cm³/mol. The zero-order chi connectivity index (χ0) is 14.5. The van der Waals surface area contributed by atoms with Crippen LogP contribution in [0.5, 0.6) is 0 Å². The van der Waals surface area contributed by atoms with Crippen LogP contribution in [-0.4, -0.2) is 0 Å². The van der Waals surface area contributed by atoms with E-state index in [4.69, 9.17) is 5.26 Å². The molecule has 20 heavy (non-hydrogen) atoms. The Bertz CT molecular complexity index is 663. The molecule has 0 saturated heterocycles. The molecule has 0 N–H and O–H groups in total. The smallest absolute Gasteiger partial charge is 0.134 e. The van der Waals surface area contributed by atoms with Gasteiger partial charge in [0.1, 0.15) is 5.82 Å². The highest BCUT2D eigenvalue weighted by Gasteiger charge is 2.13. The zero-order valence-electron chi connectivity index (χ0n) is 11.5. The summed E-state index contributed by atoms with van der Waals surface area (Å²) >= 11 is 0. The maximum atomic E-state index is 14.7. The molecule has 0 bridgehead atoms. The molecule has 1 nitrogen and oxygen atoms in total. The lowest BCUT2D eigenvalue weighted by Gasteiger charge is -2.12. The van der Waals surface area contributed by atoms with E-state index in [1.165, 1.54) is 0 Å². The van der Waals surface area contributed by atoms with Crippen LogP contribution in [0, 0.1) is 17.1 Å². The lowest BCUT2D eigenvalue weighted by Crippen LogP contribution is -1.96. The van der Waals surface area contributed by atoms with Gasteiger partial charge in [0.05, 0.1) is 11.6 Å². The van der Waals surface area contributed by atoms with E-state index in [0.717, 1.165) is 23.1 Å². The fourth-order valence-electron chi connectivity index (χ4n) is 2.27. The van der Waals surface area contributed by atoms with Gasteiger partial charge in [-0.15, -0.1) is 0 Å². The molecule has 0 amide bonds. The summed E-state index contributed by atoms with van der Waals surface area (Å²) in [6.45, 7) is 5.78. The van der Waals surface area contributed by atoms with E-state index in [9.17, 15) is 4.39 Å². The van der Waals surface area contributed by atoms with Crippen molar-refractivity contribution in [2.75, 3.05) is 0 Å². The highest BCUT2D eigenvalue weighted by molar-refractivity contribution is 5.76. The molecule has 0 aliphatic heterocycles. The van der Waals surface area contributed by atoms with Crippen LogP contribution in [0.3, 0.4) is 0 Å². The molecule has 0 aliphatic rings. The van der Waals surface area contributed by atoms with Crippen molar-refractivity contribution in [1.82, 2.24) is 0 Å². The quantitative estimate of drug-likeness (QED) is 0.766. The lowest BCUT2D eigenvalue weighted by molar-refractivity contribution is 0.610. The van der Waals surface area contributed by atoms with E-state index in [1.807, 2.05) is 19.1 Å². The third-order valence-electron chi connectivity index (χ3n) is 3.30. The van der Waals surface area contributed by atoms with Gasteiger partial charge in [-0.1, -0.05) is 50.3 Å². The van der Waals surface area contributed by atoms with Gasteiger partial charge in [-0.2, -0.15) is 5.26 Å². The fourth-order valence-corrected chi connectivity index (χ4v) is 2.27. The van der Waals surface area contributed by atoms with E-state index < -0.39 is 0 Å². The minimum absolute atomic E-state index is 0.186. The Morgan fingerprint density at radius 3 is 2.45 bits per heavy atom. The minimum atomic E-state index is -0.186. The molecule has 0 atom stereocenters. The number of rotatable bonds is 4. The van der Waals surface area contributed by atoms with Crippen LogP contribution >= 0.6 is 0 Å². The topological polar surface area (TPSA) is 23.8 Å². The monoisotopic (exact) mass is 265 g/mol. The van der Waals surface area contributed by atoms with Gasteiger partial charge in [0, 0.05) is 5.56 Å². The maximum absolute atomic E-state index is 14.7. The molecule has 0 spiro atoms. The summed E-state index contributed by atoms with van der Waals surface area (Å²) < 4.78 is 14.7. The minimum Gasteiger partial charge on any atom is -0.206 e. The fraction of sp³-hybridized carbons (Fsp3) is 0.167. The first-order chi connectivity index (χ1) is 9.71. The number of nitriles is 1. The van der Waals surface area contributed by atoms with E-state index >= 15 is 0 Å². The van der Waals surface area contributed by atoms with Crippen LogP contribution in [0.2, 0.25) is 0 Å². The van der Waals surface area contributed by atoms with E-state index in [2.05, 4.69) is 12.6 Å². The van der Waals surface area contributed by atoms with E-state index in [0.29, 0.717) is 17.5 Å². The first-order valence-electron chi connectivity index (χ1n) is 6.65. The first kappa shape index (κ1) is 14.0. The number of halogens is 1. The summed E-state index contributed by atoms with van der Waals surface area (Å²) in [4.78, 5) is 0. The van der Waals surface area contributed by atoms with Crippen molar-refractivity contribution in [2.45, 2.75) is 19.8 Å². The van der Waals surface area contributed by atoms with Crippen molar-refractivity contribution >= 4 is 6.08 Å². The molecule has 0 aliphatic carbocycles. The molecular formula is C18H16FN. The van der Waals surface area contributed by atoms with Crippen molar-refractivity contribution in [3.05, 3.63) is 65.5 Å². The first-order valence-corrected chi connectivity index (χ1v) is 6.65. The largest absolute Gasteiger partial charge is 0.206 e. The molecule has 0 saturated carbocycles. The number of hydrogen-bond donors (Lipinski definition) is 0. The normalized spacial score (nSPS) is 10.1. The van der Waals surface area contributed by atoms with Crippen molar-refractivity contribution in [3.8, 4) is 17.2 Å². The second kappa shape index (κ2) is 6.16. The van der Waals surface area contributed by atoms with Crippen molar-refractivity contribution in [2.24, 2.45) is 0 Å². The number of nitrogens with zero attached hydrogens (tertiary/aromatic N) is 1. The molecule has 2 rings (SSSR count). The van der Waals surface area contributed by atoms with Gasteiger partial charge in [-0.05, 0) is 35.2 Å².